The summed E-state index contributed by atoms with van der Waals surface area (Å²) in [6.45, 7) is 9.88. The van der Waals surface area contributed by atoms with Crippen LogP contribution in [0.5, 0.6) is 0 Å². The third kappa shape index (κ3) is 6.48. The van der Waals surface area contributed by atoms with Gasteiger partial charge in [-0.3, -0.25) is 14.6 Å². The number of nitrogens with zero attached hydrogens (tertiary/aromatic N) is 2. The maximum Gasteiger partial charge on any atom is 0.196 e. The predicted octanol–water partition coefficient (Wildman–Crippen LogP) is 6.68. The van der Waals surface area contributed by atoms with Crippen molar-refractivity contribution in [3.63, 3.8) is 0 Å². The second kappa shape index (κ2) is 12.8. The van der Waals surface area contributed by atoms with Gasteiger partial charge in [0.25, 0.3) is 0 Å². The fraction of sp³-hybridized carbons (Fsp3) is 0.237. The molecule has 5 heteroatoms. The van der Waals surface area contributed by atoms with Crippen LogP contribution in [0.1, 0.15) is 52.6 Å². The first kappa shape index (κ1) is 28.6. The van der Waals surface area contributed by atoms with Crippen molar-refractivity contribution in [2.45, 2.75) is 32.5 Å². The van der Waals surface area contributed by atoms with Gasteiger partial charge in [0.2, 0.25) is 0 Å². The van der Waals surface area contributed by atoms with Crippen LogP contribution in [-0.4, -0.2) is 57.9 Å². The zero-order valence-electron chi connectivity index (χ0n) is 24.8. The van der Waals surface area contributed by atoms with Gasteiger partial charge in [-0.1, -0.05) is 78.6 Å². The molecule has 1 aliphatic heterocycles. The number of piperazine rings is 1. The molecule has 0 spiro atoms. The molecule has 5 nitrogen and oxygen atoms in total. The van der Waals surface area contributed by atoms with Crippen LogP contribution in [0.4, 0.5) is 0 Å². The molecule has 1 unspecified atom stereocenters. The molecule has 43 heavy (non-hydrogen) atoms. The van der Waals surface area contributed by atoms with Crippen LogP contribution in [0.25, 0.3) is 22.0 Å². The number of aliphatic hydroxyl groups excluding tert-OH is 1. The molecule has 1 fully saturated rings. The number of carbonyl (C=O) groups excluding carboxylic acids is 1. The lowest BCUT2D eigenvalue weighted by Crippen LogP contribution is -2.48. The Labute approximate surface area is 253 Å². The summed E-state index contributed by atoms with van der Waals surface area (Å²) < 4.78 is 0. The second-order valence-electron chi connectivity index (χ2n) is 11.5. The van der Waals surface area contributed by atoms with E-state index in [4.69, 9.17) is 0 Å². The topological polar surface area (TPSA) is 59.6 Å². The number of Topliss-reactive ketones (excluding diaryl/α,β-unsaturated/α-hetero) is 1. The van der Waals surface area contributed by atoms with Crippen LogP contribution in [0.2, 0.25) is 0 Å². The number of aliphatic hydroxyl groups is 1. The van der Waals surface area contributed by atoms with E-state index in [1.165, 1.54) is 5.56 Å². The summed E-state index contributed by atoms with van der Waals surface area (Å²) in [6.07, 6.45) is 0.638. The molecule has 1 atom stereocenters. The molecule has 6 rings (SSSR count). The molecule has 1 saturated heterocycles. The number of benzene rings is 4. The van der Waals surface area contributed by atoms with Gasteiger partial charge in [0, 0.05) is 72.7 Å². The Hall–Kier alpha value is -4.47. The number of fused-ring (bicyclic) bond motifs is 1. The monoisotopic (exact) mass is 567 g/mol. The van der Waals surface area contributed by atoms with Crippen molar-refractivity contribution in [3.8, 4) is 23.0 Å². The van der Waals surface area contributed by atoms with E-state index in [-0.39, 0.29) is 5.78 Å². The molecule has 1 aliphatic rings. The summed E-state index contributed by atoms with van der Waals surface area (Å²) in [7, 11) is 0. The Kier molecular flexibility index (Phi) is 8.53. The molecule has 2 N–H and O–H groups in total. The van der Waals surface area contributed by atoms with Gasteiger partial charge in [-0.05, 0) is 66.3 Å². The Morgan fingerprint density at radius 2 is 1.63 bits per heavy atom. The number of H-pyrrole nitrogens is 1. The van der Waals surface area contributed by atoms with Gasteiger partial charge in [-0.25, -0.2) is 0 Å². The average Bonchev–Trinajstić information content (AvgIpc) is 3.52. The van der Waals surface area contributed by atoms with E-state index in [9.17, 15) is 9.90 Å². The van der Waals surface area contributed by atoms with Crippen LogP contribution >= 0.6 is 0 Å². The molecule has 0 aliphatic carbocycles. The highest BCUT2D eigenvalue weighted by molar-refractivity contribution is 6.07. The highest BCUT2D eigenvalue weighted by Gasteiger charge is 2.24. The fourth-order valence-electron chi connectivity index (χ4n) is 5.84. The lowest BCUT2D eigenvalue weighted by Gasteiger charge is -2.36. The van der Waals surface area contributed by atoms with Crippen molar-refractivity contribution < 1.29 is 9.90 Å². The van der Waals surface area contributed by atoms with Gasteiger partial charge in [-0.2, -0.15) is 0 Å². The van der Waals surface area contributed by atoms with Gasteiger partial charge in [0.05, 0.1) is 0 Å². The van der Waals surface area contributed by atoms with E-state index in [0.717, 1.165) is 65.9 Å². The van der Waals surface area contributed by atoms with Crippen molar-refractivity contribution >= 4 is 16.7 Å². The summed E-state index contributed by atoms with van der Waals surface area (Å²) in [5.74, 6) is 6.33. The fourth-order valence-corrected chi connectivity index (χ4v) is 5.84. The lowest BCUT2D eigenvalue weighted by atomic mass is 9.89. The molecule has 0 amide bonds. The van der Waals surface area contributed by atoms with Gasteiger partial charge in [-0.15, -0.1) is 0 Å². The molecule has 0 radical (unpaired) electrons. The SMILES string of the molecule is CC(C)N1CCN(Cc2ccc(C#Cc3cccc(C(=O)C(O)c4ccccc4)c3-c3ccc4cc[nH]c4c3)cc2)CC1. The molecule has 1 aromatic heterocycles. The highest BCUT2D eigenvalue weighted by Crippen LogP contribution is 2.33. The number of rotatable bonds is 7. The number of carbonyl (C=O) groups is 1. The van der Waals surface area contributed by atoms with E-state index >= 15 is 0 Å². The van der Waals surface area contributed by atoms with Crippen molar-refractivity contribution in [3.05, 3.63) is 131 Å². The number of aromatic amines is 1. The van der Waals surface area contributed by atoms with Crippen LogP contribution in [0, 0.1) is 11.8 Å². The van der Waals surface area contributed by atoms with Crippen LogP contribution < -0.4 is 0 Å². The lowest BCUT2D eigenvalue weighted by molar-refractivity contribution is 0.0748. The Morgan fingerprint density at radius 1 is 0.860 bits per heavy atom. The van der Waals surface area contributed by atoms with E-state index in [0.29, 0.717) is 17.2 Å². The van der Waals surface area contributed by atoms with Crippen LogP contribution in [-0.2, 0) is 6.54 Å². The minimum absolute atomic E-state index is 0.352. The molecule has 0 bridgehead atoms. The van der Waals surface area contributed by atoms with Gasteiger partial charge >= 0.3 is 0 Å². The van der Waals surface area contributed by atoms with E-state index in [2.05, 4.69) is 64.7 Å². The quantitative estimate of drug-likeness (QED) is 0.170. The zero-order valence-corrected chi connectivity index (χ0v) is 24.8. The third-order valence-electron chi connectivity index (χ3n) is 8.38. The number of nitrogens with one attached hydrogen (secondary N) is 1. The highest BCUT2D eigenvalue weighted by atomic mass is 16.3. The Balaban J connectivity index is 1.29. The van der Waals surface area contributed by atoms with E-state index in [1.54, 1.807) is 18.2 Å². The Bertz CT molecular complexity index is 1770. The first-order valence-corrected chi connectivity index (χ1v) is 15.0. The molecule has 216 valence electrons. The number of aromatic nitrogens is 1. The molecule has 4 aromatic carbocycles. The molecule has 0 saturated carbocycles. The van der Waals surface area contributed by atoms with Gasteiger partial charge in [0.15, 0.2) is 5.78 Å². The molecule has 5 aromatic rings. The predicted molar refractivity (Wildman–Crippen MR) is 174 cm³/mol. The molecular formula is C38H37N3O2. The van der Waals surface area contributed by atoms with E-state index < -0.39 is 6.10 Å². The van der Waals surface area contributed by atoms with Crippen molar-refractivity contribution in [1.82, 2.24) is 14.8 Å². The molecule has 2 heterocycles. The van der Waals surface area contributed by atoms with Crippen LogP contribution in [0.15, 0.2) is 103 Å². The maximum absolute atomic E-state index is 13.7. The van der Waals surface area contributed by atoms with Crippen molar-refractivity contribution in [2.24, 2.45) is 0 Å². The summed E-state index contributed by atoms with van der Waals surface area (Å²) in [6, 6.07) is 31.8. The maximum atomic E-state index is 13.7. The van der Waals surface area contributed by atoms with Crippen molar-refractivity contribution in [2.75, 3.05) is 26.2 Å². The zero-order chi connectivity index (χ0) is 29.8. The van der Waals surface area contributed by atoms with Crippen LogP contribution in [0.3, 0.4) is 0 Å². The van der Waals surface area contributed by atoms with Gasteiger partial charge < -0.3 is 10.1 Å². The molecular weight excluding hydrogens is 530 g/mol. The summed E-state index contributed by atoms with van der Waals surface area (Å²) in [5, 5.41) is 12.1. The number of hydrogen-bond acceptors (Lipinski definition) is 4. The van der Waals surface area contributed by atoms with Crippen molar-refractivity contribution in [1.29, 1.82) is 0 Å². The minimum atomic E-state index is -1.27. The second-order valence-corrected chi connectivity index (χ2v) is 11.5. The first-order chi connectivity index (χ1) is 21.0. The number of ketones is 1. The number of hydrogen-bond donors (Lipinski definition) is 2. The van der Waals surface area contributed by atoms with Gasteiger partial charge in [0.1, 0.15) is 6.10 Å². The largest absolute Gasteiger partial charge is 0.380 e. The summed E-state index contributed by atoms with van der Waals surface area (Å²) in [5.41, 5.74) is 6.53. The average molecular weight is 568 g/mol. The standard InChI is InChI=1S/C38H37N3O2/c1-27(2)41-23-21-40(22-24-41)26-29-13-11-28(12-14-29)15-16-31-9-6-10-34(38(43)37(42)32-7-4-3-5-8-32)36(31)33-18-17-30-19-20-39-35(30)25-33/h3-14,17-20,25,27,37,39,42H,21-24,26H2,1-2H3. The Morgan fingerprint density at radius 3 is 2.37 bits per heavy atom. The summed E-state index contributed by atoms with van der Waals surface area (Å²) >= 11 is 0. The smallest absolute Gasteiger partial charge is 0.196 e. The summed E-state index contributed by atoms with van der Waals surface area (Å²) in [4.78, 5) is 22.0. The third-order valence-corrected chi connectivity index (χ3v) is 8.38. The van der Waals surface area contributed by atoms with E-state index in [1.807, 2.05) is 60.8 Å². The first-order valence-electron chi connectivity index (χ1n) is 15.0. The minimum Gasteiger partial charge on any atom is -0.380 e. The normalized spacial score (nSPS) is 14.9.